The van der Waals surface area contributed by atoms with Crippen LogP contribution in [0.25, 0.3) is 0 Å². The molecule has 29 heavy (non-hydrogen) atoms. The summed E-state index contributed by atoms with van der Waals surface area (Å²) < 4.78 is 5.11. The van der Waals surface area contributed by atoms with Gasteiger partial charge in [-0.3, -0.25) is 9.59 Å². The van der Waals surface area contributed by atoms with Crippen LogP contribution in [-0.4, -0.2) is 23.7 Å². The second kappa shape index (κ2) is 21.4. The molecule has 0 aromatic heterocycles. The van der Waals surface area contributed by atoms with E-state index in [2.05, 4.69) is 19.1 Å². The third-order valence-electron chi connectivity index (χ3n) is 5.28. The third kappa shape index (κ3) is 19.8. The highest BCUT2D eigenvalue weighted by Gasteiger charge is 2.22. The first kappa shape index (κ1) is 27.7. The highest BCUT2D eigenvalue weighted by Crippen LogP contribution is 2.15. The van der Waals surface area contributed by atoms with Gasteiger partial charge in [0.25, 0.3) is 0 Å². The number of hydrogen-bond acceptors (Lipinski definition) is 3. The van der Waals surface area contributed by atoms with Crippen LogP contribution >= 0.6 is 0 Å². The second-order valence-electron chi connectivity index (χ2n) is 8.19. The summed E-state index contributed by atoms with van der Waals surface area (Å²) in [5.74, 6) is -1.84. The Morgan fingerprint density at radius 3 is 1.79 bits per heavy atom. The summed E-state index contributed by atoms with van der Waals surface area (Å²) in [7, 11) is 0. The molecule has 1 N–H and O–H groups in total. The lowest BCUT2D eigenvalue weighted by molar-refractivity contribution is -0.153. The van der Waals surface area contributed by atoms with E-state index in [1.165, 1.54) is 77.0 Å². The van der Waals surface area contributed by atoms with Gasteiger partial charge in [0.2, 0.25) is 0 Å². The molecule has 0 aliphatic heterocycles. The fourth-order valence-electron chi connectivity index (χ4n) is 3.47. The van der Waals surface area contributed by atoms with Gasteiger partial charge >= 0.3 is 11.9 Å². The molecule has 4 nitrogen and oxygen atoms in total. The quantitative estimate of drug-likeness (QED) is 0.121. The molecular formula is C25H46O4. The molecule has 1 unspecified atom stereocenters. The lowest BCUT2D eigenvalue weighted by Gasteiger charge is -2.12. The van der Waals surface area contributed by atoms with E-state index in [4.69, 9.17) is 9.84 Å². The molecule has 1 atom stereocenters. The predicted octanol–water partition coefficient (Wildman–Crippen LogP) is 7.46. The van der Waals surface area contributed by atoms with E-state index in [0.29, 0.717) is 13.0 Å². The summed E-state index contributed by atoms with van der Waals surface area (Å²) in [6.45, 7) is 4.56. The second-order valence-corrected chi connectivity index (χ2v) is 8.19. The Kier molecular flexibility index (Phi) is 20.4. The summed E-state index contributed by atoms with van der Waals surface area (Å²) >= 11 is 0. The Hall–Kier alpha value is -1.32. The highest BCUT2D eigenvalue weighted by atomic mass is 16.5. The number of allylic oxidation sites excluding steroid dienone is 2. The van der Waals surface area contributed by atoms with Crippen LogP contribution in [0.2, 0.25) is 0 Å². The first-order chi connectivity index (χ1) is 14.1. The van der Waals surface area contributed by atoms with Crippen LogP contribution in [0, 0.1) is 5.92 Å². The summed E-state index contributed by atoms with van der Waals surface area (Å²) in [4.78, 5) is 22.9. The van der Waals surface area contributed by atoms with Crippen molar-refractivity contribution in [1.29, 1.82) is 0 Å². The van der Waals surface area contributed by atoms with Crippen LogP contribution in [0.3, 0.4) is 0 Å². The molecule has 0 fully saturated rings. The molecule has 0 heterocycles. The van der Waals surface area contributed by atoms with Crippen LogP contribution in [-0.2, 0) is 14.3 Å². The number of carboxylic acids is 1. The molecule has 0 aliphatic carbocycles. The minimum atomic E-state index is -0.941. The van der Waals surface area contributed by atoms with Gasteiger partial charge in [0, 0.05) is 0 Å². The third-order valence-corrected chi connectivity index (χ3v) is 5.28. The maximum atomic E-state index is 11.9. The van der Waals surface area contributed by atoms with Gasteiger partial charge in [-0.15, -0.1) is 0 Å². The number of aliphatic carboxylic acids is 1. The number of esters is 1. The number of carbonyl (C=O) groups is 2. The molecule has 170 valence electrons. The normalized spacial score (nSPS) is 12.3. The molecule has 4 heteroatoms. The van der Waals surface area contributed by atoms with Crippen LogP contribution in [0.5, 0.6) is 0 Å². The van der Waals surface area contributed by atoms with Crippen molar-refractivity contribution in [2.45, 2.75) is 123 Å². The minimum absolute atomic E-state index is 0.144. The molecule has 0 aliphatic rings. The van der Waals surface area contributed by atoms with Gasteiger partial charge in [0.15, 0.2) is 0 Å². The number of unbranched alkanes of at least 4 members (excludes halogenated alkanes) is 12. The van der Waals surface area contributed by atoms with E-state index in [0.717, 1.165) is 19.3 Å². The van der Waals surface area contributed by atoms with Crippen molar-refractivity contribution in [3.05, 3.63) is 12.2 Å². The summed E-state index contributed by atoms with van der Waals surface area (Å²) in [6, 6.07) is 0. The molecule has 0 rings (SSSR count). The van der Waals surface area contributed by atoms with Crippen molar-refractivity contribution >= 4 is 11.9 Å². The first-order valence-electron chi connectivity index (χ1n) is 12.1. The number of hydrogen-bond donors (Lipinski definition) is 1. The fraction of sp³-hybridized carbons (Fsp3) is 0.840. The van der Waals surface area contributed by atoms with E-state index in [-0.39, 0.29) is 12.4 Å². The SMILES string of the molecule is CCCCCCCCCCCCCC/C=C/CCC(CC(=O)O)C(=O)OCCC. The molecule has 0 radical (unpaired) electrons. The van der Waals surface area contributed by atoms with E-state index >= 15 is 0 Å². The zero-order valence-electron chi connectivity index (χ0n) is 19.1. The van der Waals surface area contributed by atoms with Crippen molar-refractivity contribution in [1.82, 2.24) is 0 Å². The van der Waals surface area contributed by atoms with E-state index < -0.39 is 11.9 Å². The number of rotatable bonds is 21. The average Bonchev–Trinajstić information content (AvgIpc) is 2.70. The zero-order chi connectivity index (χ0) is 21.6. The highest BCUT2D eigenvalue weighted by molar-refractivity contribution is 5.79. The first-order valence-corrected chi connectivity index (χ1v) is 12.1. The van der Waals surface area contributed by atoms with Crippen molar-refractivity contribution < 1.29 is 19.4 Å². The van der Waals surface area contributed by atoms with Crippen molar-refractivity contribution in [3.8, 4) is 0 Å². The molecule has 0 spiro atoms. The van der Waals surface area contributed by atoms with Gasteiger partial charge in [-0.05, 0) is 32.1 Å². The van der Waals surface area contributed by atoms with Crippen LogP contribution in [0.4, 0.5) is 0 Å². The largest absolute Gasteiger partial charge is 0.481 e. The van der Waals surface area contributed by atoms with Gasteiger partial charge in [-0.25, -0.2) is 0 Å². The Labute approximate surface area is 179 Å². The van der Waals surface area contributed by atoms with E-state index in [1.54, 1.807) is 0 Å². The molecule has 0 saturated heterocycles. The van der Waals surface area contributed by atoms with Gasteiger partial charge in [0.05, 0.1) is 18.9 Å². The van der Waals surface area contributed by atoms with Crippen molar-refractivity contribution in [2.75, 3.05) is 6.61 Å². The summed E-state index contributed by atoms with van der Waals surface area (Å²) in [5.41, 5.74) is 0. The van der Waals surface area contributed by atoms with E-state index in [9.17, 15) is 9.59 Å². The fourth-order valence-corrected chi connectivity index (χ4v) is 3.47. The van der Waals surface area contributed by atoms with E-state index in [1.807, 2.05) is 6.92 Å². The molecule has 0 bridgehead atoms. The molecule has 0 aromatic carbocycles. The maximum Gasteiger partial charge on any atom is 0.309 e. The monoisotopic (exact) mass is 410 g/mol. The van der Waals surface area contributed by atoms with Crippen LogP contribution < -0.4 is 0 Å². The van der Waals surface area contributed by atoms with Crippen molar-refractivity contribution in [3.63, 3.8) is 0 Å². The van der Waals surface area contributed by atoms with Gasteiger partial charge in [-0.1, -0.05) is 96.6 Å². The van der Waals surface area contributed by atoms with Crippen molar-refractivity contribution in [2.24, 2.45) is 5.92 Å². The molecule has 0 amide bonds. The average molecular weight is 411 g/mol. The number of carbonyl (C=O) groups excluding carboxylic acids is 1. The van der Waals surface area contributed by atoms with Gasteiger partial charge in [-0.2, -0.15) is 0 Å². The summed E-state index contributed by atoms with van der Waals surface area (Å²) in [6.07, 6.45) is 23.5. The Balaban J connectivity index is 3.59. The maximum absolute atomic E-state index is 11.9. The summed E-state index contributed by atoms with van der Waals surface area (Å²) in [5, 5.41) is 8.97. The molecule has 0 aromatic rings. The lowest BCUT2D eigenvalue weighted by Crippen LogP contribution is -2.21. The zero-order valence-corrected chi connectivity index (χ0v) is 19.1. The number of carboxylic acid groups (broad SMARTS) is 1. The Morgan fingerprint density at radius 2 is 1.28 bits per heavy atom. The molecule has 0 saturated carbocycles. The topological polar surface area (TPSA) is 63.6 Å². The smallest absolute Gasteiger partial charge is 0.309 e. The predicted molar refractivity (Wildman–Crippen MR) is 121 cm³/mol. The van der Waals surface area contributed by atoms with Gasteiger partial charge in [0.1, 0.15) is 0 Å². The standard InChI is InChI=1S/C25H46O4/c1-3-5-6-7-8-9-10-11-12-13-14-15-16-17-18-19-20-23(22-24(26)27)25(28)29-21-4-2/h17-18,23H,3-16,19-22H2,1-2H3,(H,26,27)/b18-17+. The Bertz CT molecular complexity index is 417. The Morgan fingerprint density at radius 1 is 0.759 bits per heavy atom. The van der Waals surface area contributed by atoms with Crippen LogP contribution in [0.15, 0.2) is 12.2 Å². The minimum Gasteiger partial charge on any atom is -0.481 e. The lowest BCUT2D eigenvalue weighted by atomic mass is 9.99. The van der Waals surface area contributed by atoms with Crippen LogP contribution in [0.1, 0.15) is 123 Å². The molecular weight excluding hydrogens is 364 g/mol. The van der Waals surface area contributed by atoms with Gasteiger partial charge < -0.3 is 9.84 Å². The number of ether oxygens (including phenoxy) is 1.